The van der Waals surface area contributed by atoms with E-state index in [1.165, 1.54) is 4.90 Å². The fraction of sp³-hybridized carbons (Fsp3) is 0.385. The summed E-state index contributed by atoms with van der Waals surface area (Å²) in [5.74, 6) is -1.16. The van der Waals surface area contributed by atoms with Crippen molar-refractivity contribution in [1.82, 2.24) is 4.90 Å². The zero-order chi connectivity index (χ0) is 13.5. The molecule has 1 unspecified atom stereocenters. The molecule has 0 fully saturated rings. The highest BCUT2D eigenvalue weighted by Gasteiger charge is 2.22. The number of aliphatic hydroxyl groups excluding tert-OH is 1. The van der Waals surface area contributed by atoms with Crippen molar-refractivity contribution in [2.75, 3.05) is 6.54 Å². The molecule has 0 saturated carbocycles. The maximum Gasteiger partial charge on any atom is 0.252 e. The summed E-state index contributed by atoms with van der Waals surface area (Å²) in [5, 5.41) is 9.58. The molecule has 0 aliphatic heterocycles. The van der Waals surface area contributed by atoms with Gasteiger partial charge in [-0.25, -0.2) is 0 Å². The molecular formula is C13H18N2O3. The number of rotatable bonds is 6. The van der Waals surface area contributed by atoms with Gasteiger partial charge in [0.15, 0.2) is 0 Å². The predicted octanol–water partition coefficient (Wildman–Crippen LogP) is 0.271. The van der Waals surface area contributed by atoms with Crippen molar-refractivity contribution in [3.63, 3.8) is 0 Å². The van der Waals surface area contributed by atoms with E-state index in [0.29, 0.717) is 13.1 Å². The number of nitrogens with two attached hydrogens (primary N) is 1. The summed E-state index contributed by atoms with van der Waals surface area (Å²) >= 11 is 0. The van der Waals surface area contributed by atoms with Gasteiger partial charge in [-0.3, -0.25) is 9.59 Å². The molecular weight excluding hydrogens is 232 g/mol. The Morgan fingerprint density at radius 3 is 2.44 bits per heavy atom. The standard InChI is InChI=1S/C13H18N2O3/c1-2-15(9-10-6-4-3-5-7-10)13(18)11(16)8-12(14)17/h3-7,11,16H,2,8-9H2,1H3,(H2,14,17). The number of nitrogens with zero attached hydrogens (tertiary/aromatic N) is 1. The number of hydrogen-bond acceptors (Lipinski definition) is 3. The maximum atomic E-state index is 11.9. The summed E-state index contributed by atoms with van der Waals surface area (Å²) < 4.78 is 0. The summed E-state index contributed by atoms with van der Waals surface area (Å²) in [6.07, 6.45) is -1.70. The van der Waals surface area contributed by atoms with E-state index in [1.54, 1.807) is 0 Å². The number of carbonyl (C=O) groups excluding carboxylic acids is 2. The van der Waals surface area contributed by atoms with Crippen LogP contribution in [0.15, 0.2) is 30.3 Å². The second kappa shape index (κ2) is 6.76. The van der Waals surface area contributed by atoms with Crippen molar-refractivity contribution in [2.45, 2.75) is 26.0 Å². The van der Waals surface area contributed by atoms with E-state index >= 15 is 0 Å². The zero-order valence-corrected chi connectivity index (χ0v) is 10.4. The van der Waals surface area contributed by atoms with Gasteiger partial charge in [0, 0.05) is 13.1 Å². The van der Waals surface area contributed by atoms with E-state index in [2.05, 4.69) is 0 Å². The molecule has 1 atom stereocenters. The van der Waals surface area contributed by atoms with Gasteiger partial charge in [-0.05, 0) is 12.5 Å². The van der Waals surface area contributed by atoms with Crippen LogP contribution in [0.25, 0.3) is 0 Å². The average Bonchev–Trinajstić information content (AvgIpc) is 2.35. The third-order valence-corrected chi connectivity index (χ3v) is 2.59. The summed E-state index contributed by atoms with van der Waals surface area (Å²) in [7, 11) is 0. The van der Waals surface area contributed by atoms with E-state index in [-0.39, 0.29) is 6.42 Å². The SMILES string of the molecule is CCN(Cc1ccccc1)C(=O)C(O)CC(N)=O. The van der Waals surface area contributed by atoms with Crippen LogP contribution >= 0.6 is 0 Å². The lowest BCUT2D eigenvalue weighted by atomic mass is 10.1. The Kier molecular flexibility index (Phi) is 5.32. The van der Waals surface area contributed by atoms with Crippen LogP contribution in [0, 0.1) is 0 Å². The van der Waals surface area contributed by atoms with E-state index < -0.39 is 17.9 Å². The molecule has 0 heterocycles. The van der Waals surface area contributed by atoms with Gasteiger partial charge in [0.25, 0.3) is 5.91 Å². The molecule has 5 nitrogen and oxygen atoms in total. The molecule has 0 radical (unpaired) electrons. The molecule has 1 aromatic rings. The quantitative estimate of drug-likeness (QED) is 0.760. The molecule has 0 spiro atoms. The van der Waals surface area contributed by atoms with Crippen LogP contribution in [-0.2, 0) is 16.1 Å². The van der Waals surface area contributed by atoms with Gasteiger partial charge < -0.3 is 15.7 Å². The highest BCUT2D eigenvalue weighted by atomic mass is 16.3. The van der Waals surface area contributed by atoms with Crippen molar-refractivity contribution < 1.29 is 14.7 Å². The second-order valence-electron chi connectivity index (χ2n) is 4.02. The Balaban J connectivity index is 2.66. The highest BCUT2D eigenvalue weighted by molar-refractivity contribution is 5.86. The third kappa shape index (κ3) is 4.18. The van der Waals surface area contributed by atoms with Crippen LogP contribution < -0.4 is 5.73 Å². The van der Waals surface area contributed by atoms with E-state index in [0.717, 1.165) is 5.56 Å². The second-order valence-corrected chi connectivity index (χ2v) is 4.02. The van der Waals surface area contributed by atoms with Crippen LogP contribution in [0.5, 0.6) is 0 Å². The molecule has 98 valence electrons. The number of hydrogen-bond donors (Lipinski definition) is 2. The van der Waals surface area contributed by atoms with Crippen molar-refractivity contribution in [1.29, 1.82) is 0 Å². The van der Waals surface area contributed by atoms with Gasteiger partial charge in [0.05, 0.1) is 6.42 Å². The van der Waals surface area contributed by atoms with Crippen molar-refractivity contribution in [3.8, 4) is 0 Å². The van der Waals surface area contributed by atoms with Crippen LogP contribution in [0.3, 0.4) is 0 Å². The minimum atomic E-state index is -1.36. The Hall–Kier alpha value is -1.88. The van der Waals surface area contributed by atoms with Gasteiger partial charge in [0.1, 0.15) is 6.10 Å². The summed E-state index contributed by atoms with van der Waals surface area (Å²) in [6, 6.07) is 9.46. The minimum absolute atomic E-state index is 0.343. The van der Waals surface area contributed by atoms with Crippen LogP contribution in [0.2, 0.25) is 0 Å². The number of primary amides is 1. The number of benzene rings is 1. The Morgan fingerprint density at radius 2 is 1.94 bits per heavy atom. The topological polar surface area (TPSA) is 83.6 Å². The molecule has 2 amide bonds. The first kappa shape index (κ1) is 14.2. The molecule has 3 N–H and O–H groups in total. The molecule has 5 heteroatoms. The molecule has 1 rings (SSSR count). The fourth-order valence-electron chi connectivity index (χ4n) is 1.64. The minimum Gasteiger partial charge on any atom is -0.383 e. The van der Waals surface area contributed by atoms with E-state index in [1.807, 2.05) is 37.3 Å². The van der Waals surface area contributed by atoms with Crippen molar-refractivity contribution >= 4 is 11.8 Å². The molecule has 0 aromatic heterocycles. The van der Waals surface area contributed by atoms with Crippen LogP contribution in [-0.4, -0.2) is 34.5 Å². The number of amides is 2. The van der Waals surface area contributed by atoms with Gasteiger partial charge >= 0.3 is 0 Å². The summed E-state index contributed by atoms with van der Waals surface area (Å²) in [4.78, 5) is 24.0. The summed E-state index contributed by atoms with van der Waals surface area (Å²) in [6.45, 7) is 2.69. The monoisotopic (exact) mass is 250 g/mol. The molecule has 0 aliphatic rings. The predicted molar refractivity (Wildman–Crippen MR) is 67.4 cm³/mol. The zero-order valence-electron chi connectivity index (χ0n) is 10.4. The van der Waals surface area contributed by atoms with Gasteiger partial charge in [-0.15, -0.1) is 0 Å². The van der Waals surface area contributed by atoms with Gasteiger partial charge in [-0.2, -0.15) is 0 Å². The van der Waals surface area contributed by atoms with Crippen molar-refractivity contribution in [3.05, 3.63) is 35.9 Å². The molecule has 0 saturated heterocycles. The first-order valence-corrected chi connectivity index (χ1v) is 5.83. The number of likely N-dealkylation sites (N-methyl/N-ethyl adjacent to an activating group) is 1. The fourth-order valence-corrected chi connectivity index (χ4v) is 1.64. The average molecular weight is 250 g/mol. The van der Waals surface area contributed by atoms with E-state index in [9.17, 15) is 14.7 Å². The lowest BCUT2D eigenvalue weighted by molar-refractivity contribution is -0.143. The normalized spacial score (nSPS) is 11.9. The van der Waals surface area contributed by atoms with Gasteiger partial charge in [-0.1, -0.05) is 30.3 Å². The highest BCUT2D eigenvalue weighted by Crippen LogP contribution is 2.07. The summed E-state index contributed by atoms with van der Waals surface area (Å²) in [5.41, 5.74) is 5.93. The lowest BCUT2D eigenvalue weighted by Crippen LogP contribution is -2.40. The smallest absolute Gasteiger partial charge is 0.252 e. The number of aliphatic hydroxyl groups is 1. The van der Waals surface area contributed by atoms with Crippen molar-refractivity contribution in [2.24, 2.45) is 5.73 Å². The lowest BCUT2D eigenvalue weighted by Gasteiger charge is -2.23. The largest absolute Gasteiger partial charge is 0.383 e. The number of carbonyl (C=O) groups is 2. The first-order valence-electron chi connectivity index (χ1n) is 5.83. The Bertz CT molecular complexity index is 406. The first-order chi connectivity index (χ1) is 8.54. The van der Waals surface area contributed by atoms with Crippen LogP contribution in [0.4, 0.5) is 0 Å². The molecule has 1 aromatic carbocycles. The van der Waals surface area contributed by atoms with E-state index in [4.69, 9.17) is 5.73 Å². The molecule has 0 bridgehead atoms. The third-order valence-electron chi connectivity index (χ3n) is 2.59. The van der Waals surface area contributed by atoms with Crippen LogP contribution in [0.1, 0.15) is 18.9 Å². The van der Waals surface area contributed by atoms with Gasteiger partial charge in [0.2, 0.25) is 5.91 Å². The molecule has 18 heavy (non-hydrogen) atoms. The Labute approximate surface area is 106 Å². The Morgan fingerprint density at radius 1 is 1.33 bits per heavy atom. The maximum absolute atomic E-state index is 11.9. The molecule has 0 aliphatic carbocycles.